The van der Waals surface area contributed by atoms with Gasteiger partial charge in [-0.15, -0.1) is 0 Å². The van der Waals surface area contributed by atoms with Gasteiger partial charge < -0.3 is 10.4 Å². The van der Waals surface area contributed by atoms with Gasteiger partial charge in [0, 0.05) is 0 Å². The maximum Gasteiger partial charge on any atom is 0.131 e. The van der Waals surface area contributed by atoms with E-state index in [4.69, 9.17) is 11.6 Å². The van der Waals surface area contributed by atoms with E-state index in [-0.39, 0.29) is 12.1 Å². The molecular weight excluding hydrogens is 188 g/mol. The maximum atomic E-state index is 9.32. The fourth-order valence-corrected chi connectivity index (χ4v) is 1.49. The van der Waals surface area contributed by atoms with Crippen LogP contribution in [0.2, 0.25) is 5.15 Å². The molecule has 13 heavy (non-hydrogen) atoms. The van der Waals surface area contributed by atoms with E-state index in [2.05, 4.69) is 10.3 Å². The smallest absolute Gasteiger partial charge is 0.131 e. The quantitative estimate of drug-likeness (QED) is 0.711. The lowest BCUT2D eigenvalue weighted by atomic mass is 9.89. The molecule has 2 rings (SSSR count). The molecule has 0 saturated heterocycles. The average molecular weight is 199 g/mol. The molecule has 1 heterocycles. The van der Waals surface area contributed by atoms with E-state index in [0.717, 1.165) is 18.7 Å². The Balaban J connectivity index is 2.01. The van der Waals surface area contributed by atoms with Crippen molar-refractivity contribution in [2.24, 2.45) is 0 Å². The first-order valence-corrected chi connectivity index (χ1v) is 4.70. The molecule has 2 atom stereocenters. The Morgan fingerprint density at radius 3 is 2.85 bits per heavy atom. The summed E-state index contributed by atoms with van der Waals surface area (Å²) in [5.74, 6) is 0.733. The summed E-state index contributed by atoms with van der Waals surface area (Å²) in [6.45, 7) is 0. The summed E-state index contributed by atoms with van der Waals surface area (Å²) in [6.07, 6.45) is 1.63. The molecule has 0 spiro atoms. The first-order chi connectivity index (χ1) is 6.25. The molecule has 1 aliphatic carbocycles. The van der Waals surface area contributed by atoms with Crippen LogP contribution < -0.4 is 5.32 Å². The zero-order chi connectivity index (χ0) is 9.26. The molecule has 2 N–H and O–H groups in total. The molecule has 1 aromatic heterocycles. The molecule has 1 fully saturated rings. The van der Waals surface area contributed by atoms with Crippen molar-refractivity contribution in [3.8, 4) is 0 Å². The third kappa shape index (κ3) is 1.92. The number of rotatable bonds is 2. The number of aliphatic hydroxyl groups is 1. The van der Waals surface area contributed by atoms with Gasteiger partial charge >= 0.3 is 0 Å². The van der Waals surface area contributed by atoms with Gasteiger partial charge in [-0.05, 0) is 25.0 Å². The van der Waals surface area contributed by atoms with Crippen LogP contribution in [0.15, 0.2) is 18.2 Å². The SMILES string of the molecule is O[C@@H]1CC[C@H]1Nc1cccc(Cl)n1. The number of nitrogens with zero attached hydrogens (tertiary/aromatic N) is 1. The van der Waals surface area contributed by atoms with E-state index in [1.807, 2.05) is 12.1 Å². The molecule has 70 valence electrons. The highest BCUT2D eigenvalue weighted by atomic mass is 35.5. The number of halogens is 1. The van der Waals surface area contributed by atoms with Crippen molar-refractivity contribution in [2.45, 2.75) is 25.0 Å². The fraction of sp³-hybridized carbons (Fsp3) is 0.444. The van der Waals surface area contributed by atoms with E-state index >= 15 is 0 Å². The summed E-state index contributed by atoms with van der Waals surface area (Å²) in [4.78, 5) is 4.07. The maximum absolute atomic E-state index is 9.32. The Morgan fingerprint density at radius 2 is 2.31 bits per heavy atom. The van der Waals surface area contributed by atoms with Crippen molar-refractivity contribution < 1.29 is 5.11 Å². The normalized spacial score (nSPS) is 26.6. The highest BCUT2D eigenvalue weighted by Gasteiger charge is 2.28. The van der Waals surface area contributed by atoms with E-state index in [9.17, 15) is 5.11 Å². The van der Waals surface area contributed by atoms with Gasteiger partial charge in [-0.3, -0.25) is 0 Å². The molecule has 0 amide bonds. The van der Waals surface area contributed by atoms with Gasteiger partial charge in [0.2, 0.25) is 0 Å². The topological polar surface area (TPSA) is 45.1 Å². The Hall–Kier alpha value is -0.800. The van der Waals surface area contributed by atoms with Crippen molar-refractivity contribution in [2.75, 3.05) is 5.32 Å². The van der Waals surface area contributed by atoms with Crippen LogP contribution in [0.3, 0.4) is 0 Å². The van der Waals surface area contributed by atoms with Crippen molar-refractivity contribution in [3.05, 3.63) is 23.4 Å². The van der Waals surface area contributed by atoms with E-state index in [1.165, 1.54) is 0 Å². The third-order valence-electron chi connectivity index (χ3n) is 2.29. The van der Waals surface area contributed by atoms with Gasteiger partial charge in [-0.2, -0.15) is 0 Å². The summed E-state index contributed by atoms with van der Waals surface area (Å²) in [5.41, 5.74) is 0. The standard InChI is InChI=1S/C9H11ClN2O/c10-8-2-1-3-9(12-8)11-6-4-5-7(6)13/h1-3,6-7,13H,4-5H2,(H,11,12)/t6-,7-/m1/s1. The minimum atomic E-state index is -0.235. The summed E-state index contributed by atoms with van der Waals surface area (Å²) in [7, 11) is 0. The second kappa shape index (κ2) is 3.52. The van der Waals surface area contributed by atoms with Crippen LogP contribution in [0.5, 0.6) is 0 Å². The number of hydrogen-bond acceptors (Lipinski definition) is 3. The third-order valence-corrected chi connectivity index (χ3v) is 2.50. The number of anilines is 1. The highest BCUT2D eigenvalue weighted by molar-refractivity contribution is 6.29. The van der Waals surface area contributed by atoms with Gasteiger partial charge in [0.25, 0.3) is 0 Å². The molecule has 0 unspecified atom stereocenters. The lowest BCUT2D eigenvalue weighted by Gasteiger charge is -2.33. The van der Waals surface area contributed by atoms with Gasteiger partial charge in [-0.1, -0.05) is 17.7 Å². The zero-order valence-corrected chi connectivity index (χ0v) is 7.83. The Bertz CT molecular complexity index is 305. The monoisotopic (exact) mass is 198 g/mol. The largest absolute Gasteiger partial charge is 0.391 e. The molecule has 3 nitrogen and oxygen atoms in total. The molecule has 1 aromatic rings. The average Bonchev–Trinajstić information content (AvgIpc) is 2.12. The first kappa shape index (κ1) is 8.78. The minimum absolute atomic E-state index is 0.144. The number of hydrogen-bond donors (Lipinski definition) is 2. The van der Waals surface area contributed by atoms with Crippen molar-refractivity contribution in [1.82, 2.24) is 4.98 Å². The molecule has 1 aliphatic rings. The number of aromatic nitrogens is 1. The lowest BCUT2D eigenvalue weighted by molar-refractivity contribution is 0.0784. The molecule has 1 saturated carbocycles. The van der Waals surface area contributed by atoms with E-state index < -0.39 is 0 Å². The van der Waals surface area contributed by atoms with Crippen LogP contribution in [0.4, 0.5) is 5.82 Å². The Labute approximate surface area is 81.8 Å². The van der Waals surface area contributed by atoms with Gasteiger partial charge in [0.1, 0.15) is 11.0 Å². The van der Waals surface area contributed by atoms with Crippen LogP contribution in [0.1, 0.15) is 12.8 Å². The predicted octanol–water partition coefficient (Wildman–Crippen LogP) is 1.67. The summed E-state index contributed by atoms with van der Waals surface area (Å²) >= 11 is 5.71. The number of pyridine rings is 1. The summed E-state index contributed by atoms with van der Waals surface area (Å²) in [6, 6.07) is 5.55. The van der Waals surface area contributed by atoms with Crippen molar-refractivity contribution >= 4 is 17.4 Å². The molecule has 0 aliphatic heterocycles. The van der Waals surface area contributed by atoms with Crippen LogP contribution in [-0.2, 0) is 0 Å². The fourth-order valence-electron chi connectivity index (χ4n) is 1.33. The van der Waals surface area contributed by atoms with E-state index in [1.54, 1.807) is 6.07 Å². The summed E-state index contributed by atoms with van der Waals surface area (Å²) in [5, 5.41) is 12.9. The van der Waals surface area contributed by atoms with E-state index in [0.29, 0.717) is 5.15 Å². The minimum Gasteiger partial charge on any atom is -0.391 e. The lowest BCUT2D eigenvalue weighted by Crippen LogP contribution is -2.42. The van der Waals surface area contributed by atoms with Crippen molar-refractivity contribution in [1.29, 1.82) is 0 Å². The molecule has 0 bridgehead atoms. The molecule has 0 radical (unpaired) electrons. The highest BCUT2D eigenvalue weighted by Crippen LogP contribution is 2.23. The summed E-state index contributed by atoms with van der Waals surface area (Å²) < 4.78 is 0. The van der Waals surface area contributed by atoms with Crippen molar-refractivity contribution in [3.63, 3.8) is 0 Å². The van der Waals surface area contributed by atoms with Crippen LogP contribution >= 0.6 is 11.6 Å². The molecule has 0 aromatic carbocycles. The number of aliphatic hydroxyl groups excluding tert-OH is 1. The Kier molecular flexibility index (Phi) is 2.38. The Morgan fingerprint density at radius 1 is 1.46 bits per heavy atom. The van der Waals surface area contributed by atoms with Gasteiger partial charge in [-0.25, -0.2) is 4.98 Å². The second-order valence-electron chi connectivity index (χ2n) is 3.24. The zero-order valence-electron chi connectivity index (χ0n) is 7.07. The van der Waals surface area contributed by atoms with Crippen LogP contribution in [-0.4, -0.2) is 22.2 Å². The van der Waals surface area contributed by atoms with Gasteiger partial charge in [0.05, 0.1) is 12.1 Å². The predicted molar refractivity (Wildman–Crippen MR) is 51.9 cm³/mol. The van der Waals surface area contributed by atoms with Crippen LogP contribution in [0.25, 0.3) is 0 Å². The number of nitrogens with one attached hydrogen (secondary N) is 1. The second-order valence-corrected chi connectivity index (χ2v) is 3.63. The van der Waals surface area contributed by atoms with Crippen LogP contribution in [0, 0.1) is 0 Å². The first-order valence-electron chi connectivity index (χ1n) is 4.33. The van der Waals surface area contributed by atoms with Gasteiger partial charge in [0.15, 0.2) is 0 Å². The molecular formula is C9H11ClN2O. The molecule has 4 heteroatoms.